The van der Waals surface area contributed by atoms with Crippen molar-refractivity contribution in [3.63, 3.8) is 0 Å². The van der Waals surface area contributed by atoms with E-state index in [0.29, 0.717) is 11.0 Å². The lowest BCUT2D eigenvalue weighted by Crippen LogP contribution is -2.01. The summed E-state index contributed by atoms with van der Waals surface area (Å²) in [7, 11) is 0. The van der Waals surface area contributed by atoms with Gasteiger partial charge < -0.3 is 5.32 Å². The lowest BCUT2D eigenvalue weighted by molar-refractivity contribution is 1.05. The molecule has 0 bridgehead atoms. The Hall–Kier alpha value is -1.13. The van der Waals surface area contributed by atoms with Gasteiger partial charge >= 0.3 is 0 Å². The highest BCUT2D eigenvalue weighted by molar-refractivity contribution is 9.10. The first-order chi connectivity index (χ1) is 8.08. The van der Waals surface area contributed by atoms with E-state index in [2.05, 4.69) is 31.2 Å². The van der Waals surface area contributed by atoms with Crippen LogP contribution in [0.3, 0.4) is 0 Å². The van der Waals surface area contributed by atoms with Crippen LogP contribution in [0.15, 0.2) is 28.7 Å². The molecule has 0 saturated carbocycles. The van der Waals surface area contributed by atoms with E-state index in [1.165, 1.54) is 0 Å². The van der Waals surface area contributed by atoms with Crippen molar-refractivity contribution in [2.75, 3.05) is 5.32 Å². The monoisotopic (exact) mass is 311 g/mol. The Morgan fingerprint density at radius 1 is 1.12 bits per heavy atom. The van der Waals surface area contributed by atoms with Crippen LogP contribution in [-0.4, -0.2) is 9.97 Å². The van der Waals surface area contributed by atoms with Gasteiger partial charge in [-0.3, -0.25) is 0 Å². The van der Waals surface area contributed by atoms with Crippen molar-refractivity contribution in [3.8, 4) is 0 Å². The van der Waals surface area contributed by atoms with Gasteiger partial charge in [-0.15, -0.1) is 0 Å². The van der Waals surface area contributed by atoms with Crippen molar-refractivity contribution < 1.29 is 0 Å². The van der Waals surface area contributed by atoms with Gasteiger partial charge in [0.15, 0.2) is 11.0 Å². The van der Waals surface area contributed by atoms with Crippen LogP contribution in [0.2, 0.25) is 5.15 Å². The number of hydrogen-bond acceptors (Lipinski definition) is 3. The number of aryl methyl sites for hydroxylation is 2. The topological polar surface area (TPSA) is 37.8 Å². The number of aromatic nitrogens is 2. The summed E-state index contributed by atoms with van der Waals surface area (Å²) in [5.74, 6) is 0.571. The van der Waals surface area contributed by atoms with Crippen LogP contribution in [-0.2, 0) is 0 Å². The van der Waals surface area contributed by atoms with E-state index in [9.17, 15) is 0 Å². The molecule has 1 aromatic carbocycles. The maximum Gasteiger partial charge on any atom is 0.172 e. The summed E-state index contributed by atoms with van der Waals surface area (Å²) in [5.41, 5.74) is 2.61. The molecule has 0 spiro atoms. The minimum Gasteiger partial charge on any atom is -0.337 e. The summed E-state index contributed by atoms with van der Waals surface area (Å²) in [6.07, 6.45) is 0. The van der Waals surface area contributed by atoms with Crippen molar-refractivity contribution in [1.29, 1.82) is 0 Å². The van der Waals surface area contributed by atoms with Crippen LogP contribution in [0.5, 0.6) is 0 Å². The molecule has 5 heteroatoms. The smallest absolute Gasteiger partial charge is 0.172 e. The highest BCUT2D eigenvalue weighted by Gasteiger charge is 2.08. The van der Waals surface area contributed by atoms with E-state index in [1.54, 1.807) is 0 Å². The van der Waals surface area contributed by atoms with Crippen LogP contribution in [0.1, 0.15) is 11.4 Å². The molecule has 2 aromatic rings. The van der Waals surface area contributed by atoms with E-state index in [1.807, 2.05) is 38.1 Å². The molecule has 17 heavy (non-hydrogen) atoms. The predicted molar refractivity (Wildman–Crippen MR) is 73.9 cm³/mol. The molecule has 0 saturated heterocycles. The van der Waals surface area contributed by atoms with E-state index < -0.39 is 0 Å². The zero-order chi connectivity index (χ0) is 12.4. The largest absolute Gasteiger partial charge is 0.337 e. The van der Waals surface area contributed by atoms with Gasteiger partial charge in [-0.2, -0.15) is 0 Å². The number of rotatable bonds is 2. The minimum absolute atomic E-state index is 0.379. The molecule has 1 N–H and O–H groups in total. The van der Waals surface area contributed by atoms with Gasteiger partial charge in [0.2, 0.25) is 0 Å². The van der Waals surface area contributed by atoms with E-state index >= 15 is 0 Å². The molecule has 0 radical (unpaired) electrons. The number of para-hydroxylation sites is 1. The lowest BCUT2D eigenvalue weighted by atomic mass is 10.3. The van der Waals surface area contributed by atoms with Gasteiger partial charge in [0, 0.05) is 4.47 Å². The Kier molecular flexibility index (Phi) is 3.64. The molecule has 0 atom stereocenters. The number of halogens is 2. The van der Waals surface area contributed by atoms with Gasteiger partial charge in [0.05, 0.1) is 17.1 Å². The summed E-state index contributed by atoms with van der Waals surface area (Å²) in [6.45, 7) is 3.79. The fraction of sp³-hybridized carbons (Fsp3) is 0.167. The second-order valence-corrected chi connectivity index (χ2v) is 4.85. The van der Waals surface area contributed by atoms with Crippen LogP contribution in [0.25, 0.3) is 0 Å². The quantitative estimate of drug-likeness (QED) is 0.900. The zero-order valence-electron chi connectivity index (χ0n) is 9.46. The number of hydrogen-bond donors (Lipinski definition) is 1. The molecule has 0 aliphatic carbocycles. The van der Waals surface area contributed by atoms with Gasteiger partial charge in [-0.25, -0.2) is 9.97 Å². The first-order valence-electron chi connectivity index (χ1n) is 5.10. The molecule has 0 unspecified atom stereocenters. The Morgan fingerprint density at radius 2 is 1.76 bits per heavy atom. The zero-order valence-corrected chi connectivity index (χ0v) is 11.8. The van der Waals surface area contributed by atoms with Crippen molar-refractivity contribution in [2.24, 2.45) is 0 Å². The van der Waals surface area contributed by atoms with Gasteiger partial charge in [-0.1, -0.05) is 23.7 Å². The van der Waals surface area contributed by atoms with Crippen LogP contribution < -0.4 is 5.32 Å². The number of nitrogens with zero attached hydrogens (tertiary/aromatic N) is 2. The number of nitrogens with one attached hydrogen (secondary N) is 1. The molecule has 88 valence electrons. The first-order valence-corrected chi connectivity index (χ1v) is 6.27. The molecular formula is C12H11BrClN3. The Morgan fingerprint density at radius 3 is 2.47 bits per heavy atom. The van der Waals surface area contributed by atoms with Crippen LogP contribution in [0.4, 0.5) is 11.5 Å². The molecule has 2 rings (SSSR count). The van der Waals surface area contributed by atoms with E-state index in [4.69, 9.17) is 11.6 Å². The van der Waals surface area contributed by atoms with Crippen molar-refractivity contribution >= 4 is 39.0 Å². The summed E-state index contributed by atoms with van der Waals surface area (Å²) < 4.78 is 0.955. The van der Waals surface area contributed by atoms with Gasteiger partial charge in [0.1, 0.15) is 0 Å². The maximum absolute atomic E-state index is 6.05. The van der Waals surface area contributed by atoms with Crippen molar-refractivity contribution in [1.82, 2.24) is 9.97 Å². The Labute approximate surface area is 113 Å². The van der Waals surface area contributed by atoms with E-state index in [0.717, 1.165) is 21.5 Å². The predicted octanol–water partition coefficient (Wildman–Crippen LogP) is 4.25. The third kappa shape index (κ3) is 2.76. The summed E-state index contributed by atoms with van der Waals surface area (Å²) in [6, 6.07) is 7.78. The molecular weight excluding hydrogens is 302 g/mol. The number of anilines is 2. The average Bonchev–Trinajstić information content (AvgIpc) is 2.29. The Balaban J connectivity index is 2.37. The molecule has 0 fully saturated rings. The third-order valence-electron chi connectivity index (χ3n) is 2.39. The molecule has 1 aromatic heterocycles. The summed E-state index contributed by atoms with van der Waals surface area (Å²) >= 11 is 9.51. The van der Waals surface area contributed by atoms with E-state index in [-0.39, 0.29) is 0 Å². The molecule has 1 heterocycles. The SMILES string of the molecule is Cc1nc(Cl)c(Nc2ccccc2Br)nc1C. The fourth-order valence-corrected chi connectivity index (χ4v) is 1.95. The third-order valence-corrected chi connectivity index (χ3v) is 3.35. The molecule has 0 amide bonds. The highest BCUT2D eigenvalue weighted by Crippen LogP contribution is 2.27. The summed E-state index contributed by atoms with van der Waals surface area (Å²) in [5, 5.41) is 3.53. The average molecular weight is 313 g/mol. The lowest BCUT2D eigenvalue weighted by Gasteiger charge is -2.10. The maximum atomic E-state index is 6.05. The molecule has 3 nitrogen and oxygen atoms in total. The first kappa shape index (κ1) is 12.3. The number of benzene rings is 1. The molecule has 0 aliphatic heterocycles. The van der Waals surface area contributed by atoms with Crippen molar-refractivity contribution in [3.05, 3.63) is 45.3 Å². The highest BCUT2D eigenvalue weighted by atomic mass is 79.9. The Bertz CT molecular complexity index is 557. The normalized spacial score (nSPS) is 10.4. The second kappa shape index (κ2) is 5.02. The van der Waals surface area contributed by atoms with Crippen molar-refractivity contribution in [2.45, 2.75) is 13.8 Å². The van der Waals surface area contributed by atoms with Gasteiger partial charge in [0.25, 0.3) is 0 Å². The standard InChI is InChI=1S/C12H11BrClN3/c1-7-8(2)16-12(11(14)15-7)17-10-6-4-3-5-9(10)13/h3-6H,1-2H3,(H,16,17). The second-order valence-electron chi connectivity index (χ2n) is 3.64. The van der Waals surface area contributed by atoms with Crippen LogP contribution >= 0.6 is 27.5 Å². The van der Waals surface area contributed by atoms with Gasteiger partial charge in [-0.05, 0) is 41.9 Å². The summed E-state index contributed by atoms with van der Waals surface area (Å²) in [4.78, 5) is 8.61. The van der Waals surface area contributed by atoms with Crippen LogP contribution in [0, 0.1) is 13.8 Å². The molecule has 0 aliphatic rings. The minimum atomic E-state index is 0.379. The fourth-order valence-electron chi connectivity index (χ4n) is 1.35.